The zero-order valence-electron chi connectivity index (χ0n) is 20.6. The van der Waals surface area contributed by atoms with Crippen LogP contribution in [0.3, 0.4) is 0 Å². The first kappa shape index (κ1) is 29.7. The number of carbonyl (C=O) groups is 1. The monoisotopic (exact) mass is 617 g/mol. The van der Waals surface area contributed by atoms with Gasteiger partial charge in [0.1, 0.15) is 11.9 Å². The first-order chi connectivity index (χ1) is 18.5. The molecule has 0 bridgehead atoms. The summed E-state index contributed by atoms with van der Waals surface area (Å²) in [5.41, 5.74) is 2.00. The van der Waals surface area contributed by atoms with Gasteiger partial charge in [0, 0.05) is 36.7 Å². The Morgan fingerprint density at radius 1 is 1.23 bits per heavy atom. The molecular formula is C23H28FN4O7P2S2+. The van der Waals surface area contributed by atoms with E-state index in [1.807, 2.05) is 16.7 Å². The van der Waals surface area contributed by atoms with Crippen molar-refractivity contribution < 1.29 is 37.7 Å². The van der Waals surface area contributed by atoms with Gasteiger partial charge in [-0.05, 0) is 52.7 Å². The number of hydrogen-bond donors (Lipinski definition) is 5. The van der Waals surface area contributed by atoms with E-state index in [-0.39, 0.29) is 30.4 Å². The van der Waals surface area contributed by atoms with Gasteiger partial charge in [0.05, 0.1) is 24.5 Å². The summed E-state index contributed by atoms with van der Waals surface area (Å²) in [5, 5.41) is 4.49. The van der Waals surface area contributed by atoms with Gasteiger partial charge in [-0.2, -0.15) is 16.7 Å². The minimum atomic E-state index is -4.73. The molecule has 0 saturated carbocycles. The number of nitrogens with one attached hydrogen (secondary N) is 2. The van der Waals surface area contributed by atoms with Crippen molar-refractivity contribution in [3.05, 3.63) is 53.8 Å². The lowest BCUT2D eigenvalue weighted by Crippen LogP contribution is -2.37. The Morgan fingerprint density at radius 2 is 1.92 bits per heavy atom. The Bertz CT molecular complexity index is 1280. The van der Waals surface area contributed by atoms with Crippen molar-refractivity contribution in [2.24, 2.45) is 0 Å². The summed E-state index contributed by atoms with van der Waals surface area (Å²) in [7, 11) is -7.79. The molecule has 2 aliphatic heterocycles. The normalized spacial score (nSPS) is 18.9. The fraction of sp³-hybridized carbons (Fsp3) is 0.391. The summed E-state index contributed by atoms with van der Waals surface area (Å²) in [4.78, 5) is 43.6. The van der Waals surface area contributed by atoms with Gasteiger partial charge in [-0.15, -0.1) is 0 Å². The first-order valence-electron chi connectivity index (χ1n) is 12.0. The average molecular weight is 618 g/mol. The summed E-state index contributed by atoms with van der Waals surface area (Å²) in [6.45, 7) is 1.99. The highest BCUT2D eigenvalue weighted by atomic mass is 32.2. The first-order valence-corrected chi connectivity index (χ1v) is 16.5. The number of thioether (sulfide) groups is 1. The van der Waals surface area contributed by atoms with Crippen LogP contribution in [0.4, 0.5) is 26.2 Å². The molecular weight excluding hydrogens is 589 g/mol. The van der Waals surface area contributed by atoms with E-state index in [1.54, 1.807) is 36.4 Å². The maximum absolute atomic E-state index is 14.8. The second-order valence-electron chi connectivity index (χ2n) is 8.96. The summed E-state index contributed by atoms with van der Waals surface area (Å²) in [5.74, 6) is 1.52. The number of anilines is 3. The molecule has 39 heavy (non-hydrogen) atoms. The highest BCUT2D eigenvalue weighted by Gasteiger charge is 2.45. The van der Waals surface area contributed by atoms with Gasteiger partial charge in [-0.1, -0.05) is 12.1 Å². The fourth-order valence-electron chi connectivity index (χ4n) is 4.21. The molecule has 3 atom stereocenters. The number of rotatable bonds is 9. The van der Waals surface area contributed by atoms with E-state index in [0.717, 1.165) is 24.6 Å². The maximum atomic E-state index is 14.8. The lowest BCUT2D eigenvalue weighted by Gasteiger charge is -2.29. The Kier molecular flexibility index (Phi) is 9.82. The van der Waals surface area contributed by atoms with Gasteiger partial charge in [-0.3, -0.25) is 9.46 Å². The zero-order valence-corrected chi connectivity index (χ0v) is 24.0. The number of cyclic esters (lactones) is 1. The van der Waals surface area contributed by atoms with E-state index >= 15 is 0 Å². The number of thiocarbonyl (C=S) groups is 1. The van der Waals surface area contributed by atoms with Gasteiger partial charge in [0.25, 0.3) is 5.40 Å². The van der Waals surface area contributed by atoms with Crippen molar-refractivity contribution in [2.75, 3.05) is 52.8 Å². The number of halogens is 1. The van der Waals surface area contributed by atoms with Crippen molar-refractivity contribution in [1.82, 2.24) is 5.32 Å². The Morgan fingerprint density at radius 3 is 2.54 bits per heavy atom. The van der Waals surface area contributed by atoms with Crippen LogP contribution in [0.25, 0.3) is 0 Å². The highest BCUT2D eigenvalue weighted by molar-refractivity contribution is 7.99. The van der Waals surface area contributed by atoms with Gasteiger partial charge >= 0.3 is 21.7 Å². The predicted octanol–water partition coefficient (Wildman–Crippen LogP) is 3.47. The fourth-order valence-corrected chi connectivity index (χ4v) is 7.15. The molecule has 1 amide bonds. The molecule has 2 aromatic carbocycles. The lowest BCUT2D eigenvalue weighted by atomic mass is 10.1. The summed E-state index contributed by atoms with van der Waals surface area (Å²) >= 11 is 7.14. The molecule has 5 N–H and O–H groups in total. The lowest BCUT2D eigenvalue weighted by molar-refractivity contribution is 0.143. The van der Waals surface area contributed by atoms with Crippen LogP contribution in [0.2, 0.25) is 0 Å². The van der Waals surface area contributed by atoms with Gasteiger partial charge in [0.15, 0.2) is 5.11 Å². The molecule has 0 aromatic heterocycles. The molecule has 4 rings (SSSR count). The van der Waals surface area contributed by atoms with Crippen LogP contribution in [-0.4, -0.2) is 75.1 Å². The third kappa shape index (κ3) is 7.88. The van der Waals surface area contributed by atoms with E-state index in [4.69, 9.17) is 17.0 Å². The molecule has 2 fully saturated rings. The van der Waals surface area contributed by atoms with E-state index in [1.165, 1.54) is 11.0 Å². The standard InChI is InChI=1S/C23H27FN4O7P2S2/c24-19-12-17(5-6-20(19)27-7-9-39-10-8-27)28-14-18(35-23(28)29)13-25-22(38)26-16-3-1-15(2-4-16)11-21(36(30)31)37(32,33)34/h1-6,12,18,21H,7-11,13-14H2,(H4-,25,26,30,31,32,33,34,38)/p+1/t18-,21?/m0/s1. The number of hydrogen-bond acceptors (Lipinski definition) is 7. The van der Waals surface area contributed by atoms with Gasteiger partial charge < -0.3 is 30.1 Å². The molecule has 0 aliphatic carbocycles. The van der Waals surface area contributed by atoms with Crippen molar-refractivity contribution in [1.29, 1.82) is 0 Å². The third-order valence-corrected chi connectivity index (χ3v) is 10.6. The summed E-state index contributed by atoms with van der Waals surface area (Å²) < 4.78 is 43.0. The third-order valence-electron chi connectivity index (χ3n) is 6.23. The zero-order chi connectivity index (χ0) is 28.2. The summed E-state index contributed by atoms with van der Waals surface area (Å²) in [6, 6.07) is 11.1. The van der Waals surface area contributed by atoms with Crippen LogP contribution in [0.1, 0.15) is 5.56 Å². The predicted molar refractivity (Wildman–Crippen MR) is 154 cm³/mol. The molecule has 16 heteroatoms. The molecule has 2 aromatic rings. The van der Waals surface area contributed by atoms with Crippen LogP contribution in [0.5, 0.6) is 0 Å². The SMILES string of the molecule is O=C1O[C@@H](CNC(=S)Nc2ccc(CC([P+](=O)O)P(=O)(O)O)cc2)CN1c1ccc(N2CCSCC2)c(F)c1. The van der Waals surface area contributed by atoms with Crippen molar-refractivity contribution in [3.63, 3.8) is 0 Å². The number of ether oxygens (including phenoxy) is 1. The molecule has 2 aliphatic rings. The molecule has 0 spiro atoms. The Labute approximate surface area is 235 Å². The van der Waals surface area contributed by atoms with Crippen LogP contribution >= 0.6 is 39.6 Å². The number of carbonyl (C=O) groups excluding carboxylic acids is 1. The average Bonchev–Trinajstić information content (AvgIpc) is 3.27. The molecule has 210 valence electrons. The molecule has 0 radical (unpaired) electrons. The van der Waals surface area contributed by atoms with Gasteiger partial charge in [0.2, 0.25) is 0 Å². The second kappa shape index (κ2) is 12.9. The van der Waals surface area contributed by atoms with Gasteiger partial charge in [-0.25, -0.2) is 9.18 Å². The van der Waals surface area contributed by atoms with Crippen LogP contribution in [-0.2, 0) is 20.3 Å². The maximum Gasteiger partial charge on any atom is 0.522 e. The highest BCUT2D eigenvalue weighted by Crippen LogP contribution is 2.53. The Hall–Kier alpha value is -2.31. The minimum absolute atomic E-state index is 0.214. The number of nitrogens with zero attached hydrogens (tertiary/aromatic N) is 2. The van der Waals surface area contributed by atoms with E-state index in [0.29, 0.717) is 22.6 Å². The second-order valence-corrected chi connectivity index (χ2v) is 14.0. The summed E-state index contributed by atoms with van der Waals surface area (Å²) in [6.07, 6.45) is -1.35. The number of benzene rings is 2. The topological polar surface area (TPSA) is 152 Å². The molecule has 2 unspecified atom stereocenters. The van der Waals surface area contributed by atoms with E-state index < -0.39 is 33.2 Å². The van der Waals surface area contributed by atoms with Crippen molar-refractivity contribution in [2.45, 2.75) is 17.9 Å². The van der Waals surface area contributed by atoms with Crippen LogP contribution in [0.15, 0.2) is 42.5 Å². The number of amides is 1. The van der Waals surface area contributed by atoms with Crippen molar-refractivity contribution >= 4 is 67.9 Å². The van der Waals surface area contributed by atoms with Crippen LogP contribution < -0.4 is 20.4 Å². The van der Waals surface area contributed by atoms with Crippen molar-refractivity contribution in [3.8, 4) is 0 Å². The molecule has 2 saturated heterocycles. The molecule has 2 heterocycles. The quantitative estimate of drug-likeness (QED) is 0.207. The largest absolute Gasteiger partial charge is 0.522 e. The van der Waals surface area contributed by atoms with Crippen LogP contribution in [0, 0.1) is 5.82 Å². The Balaban J connectivity index is 1.27. The minimum Gasteiger partial charge on any atom is -0.442 e. The smallest absolute Gasteiger partial charge is 0.442 e. The van der Waals surface area contributed by atoms with E-state index in [2.05, 4.69) is 10.6 Å². The molecule has 11 nitrogen and oxygen atoms in total. The van der Waals surface area contributed by atoms with E-state index in [9.17, 15) is 33.0 Å².